The summed E-state index contributed by atoms with van der Waals surface area (Å²) in [7, 11) is 0. The van der Waals surface area contributed by atoms with E-state index in [0.717, 1.165) is 0 Å². The predicted molar refractivity (Wildman–Crippen MR) is 75.4 cm³/mol. The number of carbonyl (C=O) groups excluding carboxylic acids is 2. The Morgan fingerprint density at radius 2 is 1.89 bits per heavy atom. The lowest BCUT2D eigenvalue weighted by Crippen LogP contribution is -2.37. The van der Waals surface area contributed by atoms with Crippen molar-refractivity contribution in [3.63, 3.8) is 0 Å². The number of nitrogens with one attached hydrogen (secondary N) is 1. The zero-order chi connectivity index (χ0) is 14.4. The molecule has 5 N–H and O–H groups in total. The van der Waals surface area contributed by atoms with Crippen LogP contribution in [-0.4, -0.2) is 17.9 Å². The standard InChI is InChI=1S/C14H21N3O2/c1-9(2)7-11(15)14(19)17-12-6-4-3-5-10(12)8-13(16)18/h3-6,9,11H,7-8,15H2,1-2H3,(H2,16,18)(H,17,19)/t11-/m1/s1. The number of hydrogen-bond acceptors (Lipinski definition) is 3. The highest BCUT2D eigenvalue weighted by Crippen LogP contribution is 2.16. The maximum atomic E-state index is 11.9. The molecule has 1 atom stereocenters. The summed E-state index contributed by atoms with van der Waals surface area (Å²) >= 11 is 0. The molecule has 0 aliphatic carbocycles. The van der Waals surface area contributed by atoms with Gasteiger partial charge in [-0.2, -0.15) is 0 Å². The van der Waals surface area contributed by atoms with Gasteiger partial charge in [0.05, 0.1) is 12.5 Å². The van der Waals surface area contributed by atoms with Gasteiger partial charge in [0.25, 0.3) is 0 Å². The molecule has 1 aromatic rings. The van der Waals surface area contributed by atoms with Crippen molar-refractivity contribution < 1.29 is 9.59 Å². The third-order valence-electron chi connectivity index (χ3n) is 2.70. The first kappa shape index (κ1) is 15.2. The minimum atomic E-state index is -0.554. The number of anilines is 1. The number of carbonyl (C=O) groups is 2. The first-order valence-corrected chi connectivity index (χ1v) is 6.32. The van der Waals surface area contributed by atoms with Gasteiger partial charge in [0.15, 0.2) is 0 Å². The van der Waals surface area contributed by atoms with Crippen LogP contribution in [0.3, 0.4) is 0 Å². The third kappa shape index (κ3) is 5.09. The SMILES string of the molecule is CC(C)C[C@@H](N)C(=O)Nc1ccccc1CC(N)=O. The lowest BCUT2D eigenvalue weighted by molar-refractivity contribution is -0.118. The molecule has 1 aromatic carbocycles. The molecule has 0 unspecified atom stereocenters. The van der Waals surface area contributed by atoms with E-state index in [1.54, 1.807) is 24.3 Å². The van der Waals surface area contributed by atoms with Gasteiger partial charge in [0.1, 0.15) is 0 Å². The average molecular weight is 263 g/mol. The Hall–Kier alpha value is -1.88. The van der Waals surface area contributed by atoms with Crippen LogP contribution in [0.2, 0.25) is 0 Å². The molecule has 2 amide bonds. The molecular formula is C14H21N3O2. The lowest BCUT2D eigenvalue weighted by atomic mass is 10.0. The quantitative estimate of drug-likeness (QED) is 0.714. The minimum absolute atomic E-state index is 0.0931. The number of nitrogens with two attached hydrogens (primary N) is 2. The maximum Gasteiger partial charge on any atom is 0.241 e. The van der Waals surface area contributed by atoms with Gasteiger partial charge in [0.2, 0.25) is 11.8 Å². The smallest absolute Gasteiger partial charge is 0.241 e. The van der Waals surface area contributed by atoms with E-state index in [-0.39, 0.29) is 12.3 Å². The summed E-state index contributed by atoms with van der Waals surface area (Å²) in [4.78, 5) is 22.9. The highest BCUT2D eigenvalue weighted by Gasteiger charge is 2.16. The van der Waals surface area contributed by atoms with Crippen LogP contribution in [0, 0.1) is 5.92 Å². The molecule has 0 aliphatic heterocycles. The summed E-state index contributed by atoms with van der Waals surface area (Å²) < 4.78 is 0. The second-order valence-electron chi connectivity index (χ2n) is 5.03. The molecule has 104 valence electrons. The van der Waals surface area contributed by atoms with Gasteiger partial charge in [0, 0.05) is 5.69 Å². The molecule has 0 heterocycles. The van der Waals surface area contributed by atoms with E-state index in [1.807, 2.05) is 13.8 Å². The summed E-state index contributed by atoms with van der Waals surface area (Å²) in [6.45, 7) is 4.02. The maximum absolute atomic E-state index is 11.9. The first-order valence-electron chi connectivity index (χ1n) is 6.32. The predicted octanol–water partition coefficient (Wildman–Crippen LogP) is 1.03. The van der Waals surface area contributed by atoms with Crippen LogP contribution in [0.15, 0.2) is 24.3 Å². The number of primary amides is 1. The van der Waals surface area contributed by atoms with Crippen LogP contribution >= 0.6 is 0 Å². The number of rotatable bonds is 6. The molecule has 0 fully saturated rings. The molecule has 19 heavy (non-hydrogen) atoms. The van der Waals surface area contributed by atoms with Crippen molar-refractivity contribution in [3.8, 4) is 0 Å². The Morgan fingerprint density at radius 1 is 1.26 bits per heavy atom. The summed E-state index contributed by atoms with van der Waals surface area (Å²) in [6.07, 6.45) is 0.708. The third-order valence-corrected chi connectivity index (χ3v) is 2.70. The van der Waals surface area contributed by atoms with Gasteiger partial charge in [-0.25, -0.2) is 0 Å². The van der Waals surface area contributed by atoms with Crippen molar-refractivity contribution >= 4 is 17.5 Å². The molecule has 0 bridgehead atoms. The highest BCUT2D eigenvalue weighted by atomic mass is 16.2. The van der Waals surface area contributed by atoms with Crippen LogP contribution in [-0.2, 0) is 16.0 Å². The number of amides is 2. The van der Waals surface area contributed by atoms with Crippen LogP contribution in [0.5, 0.6) is 0 Å². The Balaban J connectivity index is 2.76. The van der Waals surface area contributed by atoms with Crippen molar-refractivity contribution in [2.75, 3.05) is 5.32 Å². The molecule has 0 spiro atoms. The van der Waals surface area contributed by atoms with Crippen molar-refractivity contribution in [3.05, 3.63) is 29.8 Å². The zero-order valence-corrected chi connectivity index (χ0v) is 11.3. The van der Waals surface area contributed by atoms with Gasteiger partial charge in [-0.05, 0) is 24.0 Å². The van der Waals surface area contributed by atoms with Crippen molar-refractivity contribution in [1.82, 2.24) is 0 Å². The van der Waals surface area contributed by atoms with Crippen LogP contribution in [0.1, 0.15) is 25.8 Å². The summed E-state index contributed by atoms with van der Waals surface area (Å²) in [5.74, 6) is -0.333. The molecule has 0 aromatic heterocycles. The van der Waals surface area contributed by atoms with E-state index >= 15 is 0 Å². The minimum Gasteiger partial charge on any atom is -0.369 e. The second-order valence-corrected chi connectivity index (χ2v) is 5.03. The van der Waals surface area contributed by atoms with E-state index in [2.05, 4.69) is 5.32 Å². The van der Waals surface area contributed by atoms with Gasteiger partial charge in [-0.3, -0.25) is 9.59 Å². The van der Waals surface area contributed by atoms with Crippen molar-refractivity contribution in [2.24, 2.45) is 17.4 Å². The van der Waals surface area contributed by atoms with E-state index in [9.17, 15) is 9.59 Å². The number of para-hydroxylation sites is 1. The van der Waals surface area contributed by atoms with Crippen LogP contribution in [0.25, 0.3) is 0 Å². The Labute approximate surface area is 113 Å². The molecule has 0 saturated carbocycles. The summed E-state index contributed by atoms with van der Waals surface area (Å²) in [5, 5.41) is 2.75. The van der Waals surface area contributed by atoms with Crippen molar-refractivity contribution in [2.45, 2.75) is 32.7 Å². The van der Waals surface area contributed by atoms with Crippen molar-refractivity contribution in [1.29, 1.82) is 0 Å². The molecule has 5 nitrogen and oxygen atoms in total. The summed E-state index contributed by atoms with van der Waals surface area (Å²) in [5.41, 5.74) is 12.3. The highest BCUT2D eigenvalue weighted by molar-refractivity contribution is 5.96. The van der Waals surface area contributed by atoms with Crippen LogP contribution < -0.4 is 16.8 Å². The monoisotopic (exact) mass is 263 g/mol. The lowest BCUT2D eigenvalue weighted by Gasteiger charge is -2.15. The van der Waals surface area contributed by atoms with E-state index in [1.165, 1.54) is 0 Å². The Morgan fingerprint density at radius 3 is 2.47 bits per heavy atom. The number of hydrogen-bond donors (Lipinski definition) is 3. The average Bonchev–Trinajstić information content (AvgIpc) is 2.30. The number of benzene rings is 1. The molecule has 0 saturated heterocycles. The largest absolute Gasteiger partial charge is 0.369 e. The van der Waals surface area contributed by atoms with Gasteiger partial charge >= 0.3 is 0 Å². The Bertz CT molecular complexity index is 458. The van der Waals surface area contributed by atoms with Gasteiger partial charge in [-0.1, -0.05) is 32.0 Å². The van der Waals surface area contributed by atoms with E-state index in [4.69, 9.17) is 11.5 Å². The fraction of sp³-hybridized carbons (Fsp3) is 0.429. The Kier molecular flexibility index (Phi) is 5.51. The zero-order valence-electron chi connectivity index (χ0n) is 11.3. The summed E-state index contributed by atoms with van der Waals surface area (Å²) in [6, 6.07) is 6.52. The topological polar surface area (TPSA) is 98.2 Å². The van der Waals surface area contributed by atoms with E-state index < -0.39 is 11.9 Å². The first-order chi connectivity index (χ1) is 8.90. The second kappa shape index (κ2) is 6.89. The van der Waals surface area contributed by atoms with E-state index in [0.29, 0.717) is 23.6 Å². The van der Waals surface area contributed by atoms with Gasteiger partial charge in [-0.15, -0.1) is 0 Å². The van der Waals surface area contributed by atoms with Crippen LogP contribution in [0.4, 0.5) is 5.69 Å². The fourth-order valence-corrected chi connectivity index (χ4v) is 1.82. The molecule has 5 heteroatoms. The normalized spacial score (nSPS) is 12.2. The molecular weight excluding hydrogens is 242 g/mol. The molecule has 0 aliphatic rings. The molecule has 1 rings (SSSR count). The van der Waals surface area contributed by atoms with Gasteiger partial charge < -0.3 is 16.8 Å². The molecule has 0 radical (unpaired) electrons. The fourth-order valence-electron chi connectivity index (χ4n) is 1.82.